The lowest BCUT2D eigenvalue weighted by Crippen LogP contribution is -2.31. The van der Waals surface area contributed by atoms with Gasteiger partial charge in [0.05, 0.1) is 16.6 Å². The molecule has 0 saturated heterocycles. The van der Waals surface area contributed by atoms with Gasteiger partial charge in [-0.3, -0.25) is 4.79 Å². The van der Waals surface area contributed by atoms with Crippen molar-refractivity contribution in [3.05, 3.63) is 27.7 Å². The van der Waals surface area contributed by atoms with Crippen LogP contribution in [0.2, 0.25) is 5.02 Å². The van der Waals surface area contributed by atoms with E-state index in [2.05, 4.69) is 26.6 Å². The summed E-state index contributed by atoms with van der Waals surface area (Å²) in [6.07, 6.45) is 0.370. The topological polar surface area (TPSA) is 78.4 Å². The van der Waals surface area contributed by atoms with Crippen LogP contribution in [0, 0.1) is 5.92 Å². The van der Waals surface area contributed by atoms with Gasteiger partial charge >= 0.3 is 12.0 Å². The molecule has 0 spiro atoms. The van der Waals surface area contributed by atoms with Crippen LogP contribution in [-0.4, -0.2) is 23.7 Å². The van der Waals surface area contributed by atoms with Crippen molar-refractivity contribution in [1.29, 1.82) is 0 Å². The number of hydrogen-bond donors (Lipinski definition) is 3. The Labute approximate surface area is 124 Å². The third kappa shape index (κ3) is 5.48. The molecule has 1 aromatic carbocycles. The van der Waals surface area contributed by atoms with Crippen molar-refractivity contribution in [3.8, 4) is 0 Å². The summed E-state index contributed by atoms with van der Waals surface area (Å²) in [5.74, 6) is -1.37. The summed E-state index contributed by atoms with van der Waals surface area (Å²) in [7, 11) is 0. The molecule has 0 aliphatic rings. The van der Waals surface area contributed by atoms with E-state index in [1.54, 1.807) is 25.1 Å². The summed E-state index contributed by atoms with van der Waals surface area (Å²) in [6.45, 7) is 1.87. The number of halogens is 2. The first-order valence-electron chi connectivity index (χ1n) is 5.63. The summed E-state index contributed by atoms with van der Waals surface area (Å²) in [5.41, 5.74) is 0.486. The van der Waals surface area contributed by atoms with Gasteiger partial charge in [0.1, 0.15) is 0 Å². The molecule has 0 bridgehead atoms. The molecule has 104 valence electrons. The normalized spacial score (nSPS) is 11.7. The Morgan fingerprint density at radius 1 is 1.47 bits per heavy atom. The molecule has 2 amide bonds. The summed E-state index contributed by atoms with van der Waals surface area (Å²) in [5, 5.41) is 14.3. The van der Waals surface area contributed by atoms with Crippen LogP contribution in [0.15, 0.2) is 22.7 Å². The van der Waals surface area contributed by atoms with E-state index in [1.807, 2.05) is 0 Å². The van der Waals surface area contributed by atoms with Gasteiger partial charge in [-0.15, -0.1) is 0 Å². The number of anilines is 1. The number of aliphatic carboxylic acids is 1. The van der Waals surface area contributed by atoms with Gasteiger partial charge in [-0.25, -0.2) is 4.79 Å². The number of amides is 2. The lowest BCUT2D eigenvalue weighted by atomic mass is 10.1. The smallest absolute Gasteiger partial charge is 0.319 e. The number of carboxylic acid groups (broad SMARTS) is 1. The van der Waals surface area contributed by atoms with Gasteiger partial charge < -0.3 is 15.7 Å². The van der Waals surface area contributed by atoms with E-state index in [1.165, 1.54) is 0 Å². The number of benzene rings is 1. The van der Waals surface area contributed by atoms with Crippen LogP contribution in [0.3, 0.4) is 0 Å². The van der Waals surface area contributed by atoms with Crippen LogP contribution >= 0.6 is 27.5 Å². The minimum absolute atomic E-state index is 0.283. The first-order chi connectivity index (χ1) is 8.90. The maximum atomic E-state index is 11.6. The zero-order chi connectivity index (χ0) is 14.4. The molecule has 0 heterocycles. The van der Waals surface area contributed by atoms with Crippen molar-refractivity contribution < 1.29 is 14.7 Å². The van der Waals surface area contributed by atoms with E-state index in [-0.39, 0.29) is 6.54 Å². The third-order valence-electron chi connectivity index (χ3n) is 2.46. The zero-order valence-corrected chi connectivity index (χ0v) is 12.6. The Balaban J connectivity index is 2.43. The van der Waals surface area contributed by atoms with Crippen molar-refractivity contribution >= 4 is 45.2 Å². The number of carboxylic acids is 1. The Morgan fingerprint density at radius 2 is 2.16 bits per heavy atom. The second-order valence-electron chi connectivity index (χ2n) is 4.03. The Kier molecular flexibility index (Phi) is 6.11. The maximum Gasteiger partial charge on any atom is 0.319 e. The van der Waals surface area contributed by atoms with Gasteiger partial charge in [0.2, 0.25) is 0 Å². The number of carbonyl (C=O) groups excluding carboxylic acids is 1. The van der Waals surface area contributed by atoms with Crippen LogP contribution in [0.1, 0.15) is 13.3 Å². The number of rotatable bonds is 5. The van der Waals surface area contributed by atoms with Crippen LogP contribution in [0.5, 0.6) is 0 Å². The van der Waals surface area contributed by atoms with Gasteiger partial charge in [0, 0.05) is 11.0 Å². The molecule has 0 saturated carbocycles. The fraction of sp³-hybridized carbons (Fsp3) is 0.333. The lowest BCUT2D eigenvalue weighted by Gasteiger charge is -2.10. The van der Waals surface area contributed by atoms with E-state index in [0.29, 0.717) is 17.1 Å². The van der Waals surface area contributed by atoms with Crippen LogP contribution in [-0.2, 0) is 4.79 Å². The second-order valence-corrected chi connectivity index (χ2v) is 5.36. The van der Waals surface area contributed by atoms with Gasteiger partial charge in [-0.05, 0) is 24.6 Å². The van der Waals surface area contributed by atoms with Gasteiger partial charge in [-0.2, -0.15) is 0 Å². The predicted molar refractivity (Wildman–Crippen MR) is 77.6 cm³/mol. The van der Waals surface area contributed by atoms with Crippen molar-refractivity contribution in [3.63, 3.8) is 0 Å². The van der Waals surface area contributed by atoms with E-state index >= 15 is 0 Å². The largest absolute Gasteiger partial charge is 0.481 e. The number of carbonyl (C=O) groups is 2. The van der Waals surface area contributed by atoms with Crippen molar-refractivity contribution in [2.24, 2.45) is 5.92 Å². The Bertz CT molecular complexity index is 482. The molecule has 1 rings (SSSR count). The molecule has 1 aromatic rings. The van der Waals surface area contributed by atoms with Gasteiger partial charge in [0.25, 0.3) is 0 Å². The molecule has 1 unspecified atom stereocenters. The highest BCUT2D eigenvalue weighted by atomic mass is 79.9. The number of nitrogens with one attached hydrogen (secondary N) is 2. The molecule has 1 atom stereocenters. The maximum absolute atomic E-state index is 11.6. The van der Waals surface area contributed by atoms with Gasteiger partial charge in [0.15, 0.2) is 0 Å². The van der Waals surface area contributed by atoms with Crippen LogP contribution in [0.4, 0.5) is 10.5 Å². The SMILES string of the molecule is CC(CCNC(=O)Nc1cc(Br)ccc1Cl)C(=O)O. The monoisotopic (exact) mass is 348 g/mol. The molecule has 0 aliphatic heterocycles. The van der Waals surface area contributed by atoms with E-state index < -0.39 is 17.9 Å². The molecule has 5 nitrogen and oxygen atoms in total. The summed E-state index contributed by atoms with van der Waals surface area (Å²) in [4.78, 5) is 22.2. The molecule has 19 heavy (non-hydrogen) atoms. The minimum atomic E-state index is -0.878. The molecule has 3 N–H and O–H groups in total. The summed E-state index contributed by atoms with van der Waals surface area (Å²) >= 11 is 9.20. The van der Waals surface area contributed by atoms with Crippen LogP contribution < -0.4 is 10.6 Å². The highest BCUT2D eigenvalue weighted by Gasteiger charge is 2.11. The Morgan fingerprint density at radius 3 is 2.79 bits per heavy atom. The molecule has 7 heteroatoms. The fourth-order valence-corrected chi connectivity index (χ4v) is 1.81. The second kappa shape index (κ2) is 7.35. The highest BCUT2D eigenvalue weighted by Crippen LogP contribution is 2.25. The average molecular weight is 350 g/mol. The third-order valence-corrected chi connectivity index (χ3v) is 3.28. The van der Waals surface area contributed by atoms with Crippen LogP contribution in [0.25, 0.3) is 0 Å². The van der Waals surface area contributed by atoms with E-state index in [9.17, 15) is 9.59 Å². The molecule has 0 aliphatic carbocycles. The van der Waals surface area contributed by atoms with E-state index in [0.717, 1.165) is 4.47 Å². The molecule has 0 radical (unpaired) electrons. The Hall–Kier alpha value is -1.27. The predicted octanol–water partition coefficient (Wildman–Crippen LogP) is 3.33. The number of urea groups is 1. The molecule has 0 fully saturated rings. The van der Waals surface area contributed by atoms with Crippen molar-refractivity contribution in [1.82, 2.24) is 5.32 Å². The van der Waals surface area contributed by atoms with Gasteiger partial charge in [-0.1, -0.05) is 34.5 Å². The lowest BCUT2D eigenvalue weighted by molar-refractivity contribution is -0.141. The van der Waals surface area contributed by atoms with E-state index in [4.69, 9.17) is 16.7 Å². The summed E-state index contributed by atoms with van der Waals surface area (Å²) < 4.78 is 0.798. The highest BCUT2D eigenvalue weighted by molar-refractivity contribution is 9.10. The summed E-state index contributed by atoms with van der Waals surface area (Å²) in [6, 6.07) is 4.69. The standard InChI is InChI=1S/C12H14BrClN2O3/c1-7(11(17)18)4-5-15-12(19)16-10-6-8(13)2-3-9(10)14/h2-3,6-7H,4-5H2,1H3,(H,17,18)(H2,15,16,19). The quantitative estimate of drug-likeness (QED) is 0.763. The number of hydrogen-bond acceptors (Lipinski definition) is 2. The average Bonchev–Trinajstić information content (AvgIpc) is 2.33. The zero-order valence-electron chi connectivity index (χ0n) is 10.2. The fourth-order valence-electron chi connectivity index (χ4n) is 1.29. The molecular weight excluding hydrogens is 336 g/mol. The van der Waals surface area contributed by atoms with Crippen molar-refractivity contribution in [2.45, 2.75) is 13.3 Å². The molecule has 0 aromatic heterocycles. The van der Waals surface area contributed by atoms with Crippen molar-refractivity contribution in [2.75, 3.05) is 11.9 Å². The molecular formula is C12H14BrClN2O3. The minimum Gasteiger partial charge on any atom is -0.481 e. The first kappa shape index (κ1) is 15.8. The first-order valence-corrected chi connectivity index (χ1v) is 6.80.